The number of aromatic nitrogens is 3. The number of carbonyl (C=O) groups excluding carboxylic acids is 2. The van der Waals surface area contributed by atoms with Crippen molar-refractivity contribution in [2.45, 2.75) is 38.5 Å². The second-order valence-electron chi connectivity index (χ2n) is 8.76. The van der Waals surface area contributed by atoms with E-state index in [1.807, 2.05) is 18.4 Å². The van der Waals surface area contributed by atoms with Crippen molar-refractivity contribution >= 4 is 35.0 Å². The summed E-state index contributed by atoms with van der Waals surface area (Å²) in [6.07, 6.45) is 1.69. The average Bonchev–Trinajstić information content (AvgIpc) is 3.29. The number of ether oxygens (including phenoxy) is 1. The molecule has 0 bridgehead atoms. The Bertz CT molecular complexity index is 1320. The fraction of sp³-hybridized carbons (Fsp3) is 0.308. The van der Waals surface area contributed by atoms with Gasteiger partial charge in [-0.1, -0.05) is 31.7 Å². The van der Waals surface area contributed by atoms with E-state index < -0.39 is 11.0 Å². The molecule has 11 nitrogen and oxygen atoms in total. The van der Waals surface area contributed by atoms with Crippen molar-refractivity contribution in [3.05, 3.63) is 82.2 Å². The first-order valence-electron chi connectivity index (χ1n) is 11.8. The van der Waals surface area contributed by atoms with Crippen molar-refractivity contribution in [2.24, 2.45) is 5.92 Å². The maximum absolute atomic E-state index is 13.0. The molecule has 38 heavy (non-hydrogen) atoms. The van der Waals surface area contributed by atoms with Crippen LogP contribution in [0.2, 0.25) is 0 Å². The number of rotatable bonds is 12. The van der Waals surface area contributed by atoms with Gasteiger partial charge in [0.15, 0.2) is 11.0 Å². The molecule has 0 aliphatic carbocycles. The van der Waals surface area contributed by atoms with E-state index in [9.17, 15) is 19.7 Å². The van der Waals surface area contributed by atoms with Crippen molar-refractivity contribution in [2.75, 3.05) is 18.2 Å². The lowest BCUT2D eigenvalue weighted by atomic mass is 10.0. The lowest BCUT2D eigenvalue weighted by Gasteiger charge is -2.22. The third-order valence-electron chi connectivity index (χ3n) is 5.67. The van der Waals surface area contributed by atoms with Crippen LogP contribution in [0.5, 0.6) is 5.75 Å². The number of nitro groups is 1. The van der Waals surface area contributed by atoms with Crippen LogP contribution in [0.1, 0.15) is 41.6 Å². The number of nitrogens with zero attached hydrogens (tertiary/aromatic N) is 4. The Hall–Kier alpha value is -4.19. The third kappa shape index (κ3) is 6.97. The van der Waals surface area contributed by atoms with E-state index in [4.69, 9.17) is 4.74 Å². The molecule has 3 aromatic rings. The monoisotopic (exact) mass is 538 g/mol. The molecule has 3 rings (SSSR count). The van der Waals surface area contributed by atoms with Gasteiger partial charge in [-0.05, 0) is 48.7 Å². The van der Waals surface area contributed by atoms with Crippen LogP contribution in [-0.4, -0.2) is 44.4 Å². The summed E-state index contributed by atoms with van der Waals surface area (Å²) in [6.45, 7) is 9.83. The van der Waals surface area contributed by atoms with Crippen LogP contribution in [-0.2, 0) is 11.3 Å². The Labute approximate surface area is 224 Å². The fourth-order valence-electron chi connectivity index (χ4n) is 3.65. The van der Waals surface area contributed by atoms with Crippen LogP contribution >= 0.6 is 11.8 Å². The number of hydrogen-bond acceptors (Lipinski definition) is 8. The van der Waals surface area contributed by atoms with Crippen LogP contribution < -0.4 is 15.4 Å². The van der Waals surface area contributed by atoms with Crippen molar-refractivity contribution in [1.82, 2.24) is 20.1 Å². The molecule has 1 aromatic heterocycles. The van der Waals surface area contributed by atoms with Crippen LogP contribution in [0.15, 0.2) is 60.3 Å². The molecule has 0 radical (unpaired) electrons. The van der Waals surface area contributed by atoms with Crippen LogP contribution in [0, 0.1) is 23.0 Å². The summed E-state index contributed by atoms with van der Waals surface area (Å²) in [5.41, 5.74) is 1.52. The van der Waals surface area contributed by atoms with Gasteiger partial charge in [-0.25, -0.2) is 0 Å². The minimum absolute atomic E-state index is 0.00350. The summed E-state index contributed by atoms with van der Waals surface area (Å²) in [6, 6.07) is 10.6. The molecule has 0 saturated carbocycles. The number of benzene rings is 2. The second kappa shape index (κ2) is 12.9. The zero-order valence-corrected chi connectivity index (χ0v) is 22.4. The Morgan fingerprint density at radius 3 is 2.50 bits per heavy atom. The molecule has 2 aromatic carbocycles. The van der Waals surface area contributed by atoms with E-state index >= 15 is 0 Å². The highest BCUT2D eigenvalue weighted by molar-refractivity contribution is 7.99. The van der Waals surface area contributed by atoms with Gasteiger partial charge in [-0.15, -0.1) is 16.8 Å². The maximum Gasteiger partial charge on any atom is 0.269 e. The Balaban J connectivity index is 1.73. The number of aryl methyl sites for hydroxylation is 1. The molecule has 0 aliphatic rings. The van der Waals surface area contributed by atoms with Crippen LogP contribution in [0.4, 0.5) is 11.4 Å². The molecular weight excluding hydrogens is 508 g/mol. The molecule has 2 N–H and O–H groups in total. The minimum atomic E-state index is -0.484. The number of thioether (sulfide) groups is 1. The number of methoxy groups -OCH3 is 1. The number of hydrogen-bond donors (Lipinski definition) is 2. The maximum atomic E-state index is 13.0. The van der Waals surface area contributed by atoms with Gasteiger partial charge in [0.1, 0.15) is 5.75 Å². The Morgan fingerprint density at radius 2 is 1.92 bits per heavy atom. The predicted molar refractivity (Wildman–Crippen MR) is 145 cm³/mol. The normalized spacial score (nSPS) is 11.6. The predicted octanol–water partition coefficient (Wildman–Crippen LogP) is 4.55. The highest BCUT2D eigenvalue weighted by atomic mass is 32.2. The molecule has 0 aliphatic heterocycles. The van der Waals surface area contributed by atoms with E-state index in [-0.39, 0.29) is 29.2 Å². The highest BCUT2D eigenvalue weighted by Gasteiger charge is 2.26. The number of allylic oxidation sites excluding steroid dienone is 1. The second-order valence-corrected chi connectivity index (χ2v) is 9.70. The lowest BCUT2D eigenvalue weighted by molar-refractivity contribution is -0.384. The first-order chi connectivity index (χ1) is 18.1. The zero-order chi connectivity index (χ0) is 27.8. The van der Waals surface area contributed by atoms with Crippen molar-refractivity contribution < 1.29 is 19.2 Å². The van der Waals surface area contributed by atoms with Gasteiger partial charge in [0, 0.05) is 29.9 Å². The molecule has 12 heteroatoms. The Morgan fingerprint density at radius 1 is 1.21 bits per heavy atom. The van der Waals surface area contributed by atoms with Gasteiger partial charge in [-0.2, -0.15) is 0 Å². The van der Waals surface area contributed by atoms with E-state index in [0.29, 0.717) is 40.1 Å². The van der Waals surface area contributed by atoms with Gasteiger partial charge in [0.05, 0.1) is 23.8 Å². The van der Waals surface area contributed by atoms with Crippen LogP contribution in [0.25, 0.3) is 0 Å². The van der Waals surface area contributed by atoms with E-state index in [0.717, 1.165) is 0 Å². The standard InChI is InChI=1S/C26H30N6O5S/c1-6-13-31-24(23(16(2)3)28-25(34)18-7-10-20(37-5)11-8-18)29-30-26(31)38-15-22(33)27-21-12-9-19(32(35)36)14-17(21)4/h6-12,14,16,23H,1,13,15H2,2-5H3,(H,27,33)(H,28,34). The zero-order valence-electron chi connectivity index (χ0n) is 21.6. The van der Waals surface area contributed by atoms with Crippen LogP contribution in [0.3, 0.4) is 0 Å². The summed E-state index contributed by atoms with van der Waals surface area (Å²) in [5.74, 6) is 0.687. The number of nitrogens with one attached hydrogen (secondary N) is 2. The van der Waals surface area contributed by atoms with Crippen molar-refractivity contribution in [3.8, 4) is 5.75 Å². The number of non-ortho nitro benzene ring substituents is 1. The van der Waals surface area contributed by atoms with Gasteiger partial charge < -0.3 is 19.9 Å². The molecular formula is C26H30N6O5S. The molecule has 1 heterocycles. The first kappa shape index (κ1) is 28.4. The van der Waals surface area contributed by atoms with Crippen molar-refractivity contribution in [3.63, 3.8) is 0 Å². The number of carbonyl (C=O) groups is 2. The topological polar surface area (TPSA) is 141 Å². The average molecular weight is 539 g/mol. The number of anilines is 1. The van der Waals surface area contributed by atoms with Gasteiger partial charge in [0.25, 0.3) is 11.6 Å². The fourth-order valence-corrected chi connectivity index (χ4v) is 4.41. The van der Waals surface area contributed by atoms with E-state index in [1.165, 1.54) is 30.0 Å². The molecule has 0 saturated heterocycles. The first-order valence-corrected chi connectivity index (χ1v) is 12.8. The van der Waals surface area contributed by atoms with Gasteiger partial charge >= 0.3 is 0 Å². The Kier molecular flexibility index (Phi) is 9.61. The smallest absolute Gasteiger partial charge is 0.269 e. The molecule has 0 fully saturated rings. The SMILES string of the molecule is C=CCn1c(SCC(=O)Nc2ccc([N+](=O)[O-])cc2C)nnc1C(NC(=O)c1ccc(OC)cc1)C(C)C. The summed E-state index contributed by atoms with van der Waals surface area (Å²) >= 11 is 1.19. The summed E-state index contributed by atoms with van der Waals surface area (Å²) < 4.78 is 6.98. The number of amides is 2. The minimum Gasteiger partial charge on any atom is -0.497 e. The van der Waals surface area contributed by atoms with Crippen molar-refractivity contribution in [1.29, 1.82) is 0 Å². The quantitative estimate of drug-likeness (QED) is 0.148. The summed E-state index contributed by atoms with van der Waals surface area (Å²) in [4.78, 5) is 36.0. The lowest BCUT2D eigenvalue weighted by Crippen LogP contribution is -2.33. The largest absolute Gasteiger partial charge is 0.497 e. The molecule has 2 amide bonds. The summed E-state index contributed by atoms with van der Waals surface area (Å²) in [7, 11) is 1.56. The molecule has 1 unspecified atom stereocenters. The molecule has 0 spiro atoms. The highest BCUT2D eigenvalue weighted by Crippen LogP contribution is 2.27. The third-order valence-corrected chi connectivity index (χ3v) is 6.63. The van der Waals surface area contributed by atoms with E-state index in [2.05, 4.69) is 27.4 Å². The summed E-state index contributed by atoms with van der Waals surface area (Å²) in [5, 5.41) is 25.9. The molecule has 1 atom stereocenters. The van der Waals surface area contributed by atoms with E-state index in [1.54, 1.807) is 44.4 Å². The van der Waals surface area contributed by atoms with Gasteiger partial charge in [0.2, 0.25) is 5.91 Å². The van der Waals surface area contributed by atoms with Gasteiger partial charge in [-0.3, -0.25) is 19.7 Å². The molecule has 200 valence electrons. The number of nitro benzene ring substituents is 1.